The molecule has 0 aliphatic carbocycles. The number of unbranched alkanes of at least 4 members (excludes halogenated alkanes) is 1. The zero-order valence-corrected chi connectivity index (χ0v) is 15.2. The van der Waals surface area contributed by atoms with Crippen LogP contribution in [0.3, 0.4) is 0 Å². The van der Waals surface area contributed by atoms with E-state index in [-0.39, 0.29) is 12.5 Å². The molecule has 0 aliphatic heterocycles. The fourth-order valence-corrected chi connectivity index (χ4v) is 3.40. The molecular formula is C20H23O4P. The summed E-state index contributed by atoms with van der Waals surface area (Å²) in [4.78, 5) is 0. The van der Waals surface area contributed by atoms with Crippen molar-refractivity contribution in [2.45, 2.75) is 26.2 Å². The van der Waals surface area contributed by atoms with Crippen LogP contribution in [0.5, 0.6) is 11.5 Å². The maximum Gasteiger partial charge on any atom is 0.587 e. The van der Waals surface area contributed by atoms with Crippen LogP contribution >= 0.6 is 7.82 Å². The molecule has 25 heavy (non-hydrogen) atoms. The summed E-state index contributed by atoms with van der Waals surface area (Å²) in [6, 6.07) is 17.6. The molecule has 132 valence electrons. The maximum absolute atomic E-state index is 13.1. The minimum atomic E-state index is -3.86. The lowest BCUT2D eigenvalue weighted by molar-refractivity contribution is 0.189. The summed E-state index contributed by atoms with van der Waals surface area (Å²) in [5.74, 6) is 3.37. The molecular weight excluding hydrogens is 335 g/mol. The third kappa shape index (κ3) is 6.66. The van der Waals surface area contributed by atoms with Gasteiger partial charge in [-0.1, -0.05) is 56.2 Å². The predicted molar refractivity (Wildman–Crippen MR) is 99.5 cm³/mol. The van der Waals surface area contributed by atoms with Gasteiger partial charge in [-0.2, -0.15) is 0 Å². The Morgan fingerprint density at radius 3 is 1.96 bits per heavy atom. The van der Waals surface area contributed by atoms with Crippen LogP contribution in [-0.2, 0) is 9.09 Å². The Hall–Kier alpha value is -2.21. The topological polar surface area (TPSA) is 44.8 Å². The Balaban J connectivity index is 2.11. The summed E-state index contributed by atoms with van der Waals surface area (Å²) in [5, 5.41) is 0. The molecule has 0 N–H and O–H groups in total. The Bertz CT molecular complexity index is 664. The summed E-state index contributed by atoms with van der Waals surface area (Å²) < 4.78 is 29.8. The number of terminal acetylenes is 1. The molecule has 1 unspecified atom stereocenters. The van der Waals surface area contributed by atoms with E-state index in [0.29, 0.717) is 11.5 Å². The van der Waals surface area contributed by atoms with Crippen LogP contribution in [-0.4, -0.2) is 6.61 Å². The molecule has 0 heterocycles. The first-order valence-electron chi connectivity index (χ1n) is 8.35. The van der Waals surface area contributed by atoms with Gasteiger partial charge in [-0.3, -0.25) is 4.52 Å². The van der Waals surface area contributed by atoms with Crippen molar-refractivity contribution >= 4 is 7.82 Å². The maximum atomic E-state index is 13.1. The molecule has 0 bridgehead atoms. The van der Waals surface area contributed by atoms with Gasteiger partial charge in [0.2, 0.25) is 0 Å². The molecule has 0 radical (unpaired) electrons. The standard InChI is InChI=1S/C20H23O4P/c1-3-5-12-18(4-2)17-22-25(21,23-19-13-8-6-9-14-19)24-20-15-10-7-11-16-20/h2,6-11,13-16,18H,3,5,12,17H2,1H3. The highest BCUT2D eigenvalue weighted by Gasteiger charge is 2.31. The molecule has 0 spiro atoms. The second-order valence-electron chi connectivity index (χ2n) is 5.56. The minimum absolute atomic E-state index is 0.118. The summed E-state index contributed by atoms with van der Waals surface area (Å²) in [6.45, 7) is 2.21. The lowest BCUT2D eigenvalue weighted by Gasteiger charge is -2.20. The average Bonchev–Trinajstić information content (AvgIpc) is 2.63. The number of para-hydroxylation sites is 2. The zero-order valence-electron chi connectivity index (χ0n) is 14.3. The van der Waals surface area contributed by atoms with Gasteiger partial charge in [-0.05, 0) is 30.7 Å². The van der Waals surface area contributed by atoms with E-state index >= 15 is 0 Å². The normalized spacial score (nSPS) is 12.2. The molecule has 1 atom stereocenters. The van der Waals surface area contributed by atoms with Crippen molar-refractivity contribution in [2.75, 3.05) is 6.61 Å². The van der Waals surface area contributed by atoms with E-state index in [1.54, 1.807) is 48.5 Å². The second kappa shape index (κ2) is 9.93. The molecule has 4 nitrogen and oxygen atoms in total. The summed E-state index contributed by atoms with van der Waals surface area (Å²) in [5.41, 5.74) is 0. The Morgan fingerprint density at radius 2 is 1.52 bits per heavy atom. The number of phosphoric acid groups is 1. The van der Waals surface area contributed by atoms with Crippen molar-refractivity contribution in [3.8, 4) is 23.8 Å². The van der Waals surface area contributed by atoms with E-state index in [1.807, 2.05) is 12.1 Å². The van der Waals surface area contributed by atoms with E-state index < -0.39 is 7.82 Å². The Labute approximate surface area is 149 Å². The van der Waals surface area contributed by atoms with Gasteiger partial charge in [-0.25, -0.2) is 4.57 Å². The van der Waals surface area contributed by atoms with Gasteiger partial charge < -0.3 is 9.05 Å². The minimum Gasteiger partial charge on any atom is -0.395 e. The third-order valence-corrected chi connectivity index (χ3v) is 4.83. The van der Waals surface area contributed by atoms with Crippen molar-refractivity contribution in [1.29, 1.82) is 0 Å². The monoisotopic (exact) mass is 358 g/mol. The van der Waals surface area contributed by atoms with Crippen LogP contribution in [0.15, 0.2) is 60.7 Å². The molecule has 2 rings (SSSR count). The lowest BCUT2D eigenvalue weighted by Crippen LogP contribution is -2.11. The first kappa shape index (κ1) is 19.1. The van der Waals surface area contributed by atoms with Crippen LogP contribution in [0.1, 0.15) is 26.2 Å². The van der Waals surface area contributed by atoms with E-state index in [0.717, 1.165) is 19.3 Å². The summed E-state index contributed by atoms with van der Waals surface area (Å²) in [7, 11) is -3.86. The highest BCUT2D eigenvalue weighted by molar-refractivity contribution is 7.49. The van der Waals surface area contributed by atoms with Crippen LogP contribution < -0.4 is 9.05 Å². The van der Waals surface area contributed by atoms with E-state index in [9.17, 15) is 4.57 Å². The van der Waals surface area contributed by atoms with Crippen molar-refractivity contribution in [2.24, 2.45) is 5.92 Å². The van der Waals surface area contributed by atoms with Crippen LogP contribution in [0.25, 0.3) is 0 Å². The van der Waals surface area contributed by atoms with Crippen molar-refractivity contribution < 1.29 is 18.1 Å². The molecule has 2 aromatic rings. The van der Waals surface area contributed by atoms with Gasteiger partial charge in [0.05, 0.1) is 6.61 Å². The van der Waals surface area contributed by atoms with Gasteiger partial charge in [0.15, 0.2) is 0 Å². The number of rotatable bonds is 10. The number of hydrogen-bond donors (Lipinski definition) is 0. The Kier molecular flexibility index (Phi) is 7.60. The van der Waals surface area contributed by atoms with E-state index in [2.05, 4.69) is 12.8 Å². The second-order valence-corrected chi connectivity index (χ2v) is 7.08. The first-order chi connectivity index (χ1) is 12.1. The lowest BCUT2D eigenvalue weighted by atomic mass is 10.0. The van der Waals surface area contributed by atoms with Gasteiger partial charge in [0.1, 0.15) is 11.5 Å². The van der Waals surface area contributed by atoms with Crippen molar-refractivity contribution in [3.63, 3.8) is 0 Å². The molecule has 0 aromatic heterocycles. The van der Waals surface area contributed by atoms with E-state index in [1.165, 1.54) is 0 Å². The zero-order chi connectivity index (χ0) is 18.0. The number of hydrogen-bond acceptors (Lipinski definition) is 4. The SMILES string of the molecule is C#CC(CCCC)COP(=O)(Oc1ccccc1)Oc1ccccc1. The molecule has 0 saturated heterocycles. The largest absolute Gasteiger partial charge is 0.587 e. The first-order valence-corrected chi connectivity index (χ1v) is 9.81. The molecule has 2 aromatic carbocycles. The summed E-state index contributed by atoms with van der Waals surface area (Å²) in [6.07, 6.45) is 8.38. The number of benzene rings is 2. The molecule has 0 fully saturated rings. The van der Waals surface area contributed by atoms with Crippen LogP contribution in [0.4, 0.5) is 0 Å². The highest BCUT2D eigenvalue weighted by Crippen LogP contribution is 2.49. The van der Waals surface area contributed by atoms with Gasteiger partial charge in [0.25, 0.3) is 0 Å². The predicted octanol–water partition coefficient (Wildman–Crippen LogP) is 5.71. The number of phosphoric ester groups is 1. The summed E-state index contributed by atoms with van der Waals surface area (Å²) >= 11 is 0. The third-order valence-electron chi connectivity index (χ3n) is 3.50. The van der Waals surface area contributed by atoms with Crippen molar-refractivity contribution in [1.82, 2.24) is 0 Å². The Morgan fingerprint density at radius 1 is 1.00 bits per heavy atom. The smallest absolute Gasteiger partial charge is 0.395 e. The van der Waals surface area contributed by atoms with Gasteiger partial charge in [0, 0.05) is 5.92 Å². The average molecular weight is 358 g/mol. The molecule has 0 amide bonds. The molecule has 0 aliphatic rings. The molecule has 5 heteroatoms. The van der Waals surface area contributed by atoms with Crippen LogP contribution in [0, 0.1) is 18.3 Å². The quantitative estimate of drug-likeness (QED) is 0.403. The fraction of sp³-hybridized carbons (Fsp3) is 0.300. The fourth-order valence-electron chi connectivity index (χ4n) is 2.14. The van der Waals surface area contributed by atoms with Crippen LogP contribution in [0.2, 0.25) is 0 Å². The van der Waals surface area contributed by atoms with Crippen molar-refractivity contribution in [3.05, 3.63) is 60.7 Å². The van der Waals surface area contributed by atoms with Gasteiger partial charge >= 0.3 is 7.82 Å². The van der Waals surface area contributed by atoms with E-state index in [4.69, 9.17) is 20.0 Å². The van der Waals surface area contributed by atoms with Gasteiger partial charge in [-0.15, -0.1) is 12.3 Å². The molecule has 0 saturated carbocycles. The highest BCUT2D eigenvalue weighted by atomic mass is 31.2.